The molecule has 4 atom stereocenters. The lowest BCUT2D eigenvalue weighted by atomic mass is 9.95. The highest BCUT2D eigenvalue weighted by Crippen LogP contribution is 2.44. The van der Waals surface area contributed by atoms with Crippen molar-refractivity contribution in [3.63, 3.8) is 0 Å². The Morgan fingerprint density at radius 1 is 1.44 bits per heavy atom. The standard InChI is InChI=1S/C13H19NOS/c15-13(11-3-4-16-8-11)7-14-12-6-9-1-2-10(12)5-9/h3-4,8-10,12-15H,1-2,5-7H2. The molecule has 3 rings (SSSR count). The van der Waals surface area contributed by atoms with E-state index in [1.54, 1.807) is 11.3 Å². The zero-order valence-corrected chi connectivity index (χ0v) is 10.2. The zero-order chi connectivity index (χ0) is 11.0. The van der Waals surface area contributed by atoms with Crippen molar-refractivity contribution in [1.29, 1.82) is 0 Å². The van der Waals surface area contributed by atoms with Gasteiger partial charge in [-0.05, 0) is 53.5 Å². The molecular formula is C13H19NOS. The second kappa shape index (κ2) is 4.47. The normalized spacial score (nSPS) is 34.4. The quantitative estimate of drug-likeness (QED) is 0.843. The Hall–Kier alpha value is -0.380. The van der Waals surface area contributed by atoms with Crippen LogP contribution >= 0.6 is 11.3 Å². The van der Waals surface area contributed by atoms with Crippen molar-refractivity contribution in [3.05, 3.63) is 22.4 Å². The predicted molar refractivity (Wildman–Crippen MR) is 66.5 cm³/mol. The van der Waals surface area contributed by atoms with Crippen LogP contribution in [0.1, 0.15) is 37.4 Å². The third-order valence-corrected chi connectivity index (χ3v) is 4.94. The lowest BCUT2D eigenvalue weighted by Gasteiger charge is -2.24. The van der Waals surface area contributed by atoms with E-state index in [1.807, 2.05) is 16.8 Å². The van der Waals surface area contributed by atoms with Crippen LogP contribution in [0.5, 0.6) is 0 Å². The Kier molecular flexibility index (Phi) is 3.01. The van der Waals surface area contributed by atoms with Crippen LogP contribution in [0.15, 0.2) is 16.8 Å². The molecule has 16 heavy (non-hydrogen) atoms. The van der Waals surface area contributed by atoms with E-state index in [-0.39, 0.29) is 6.10 Å². The summed E-state index contributed by atoms with van der Waals surface area (Å²) in [5.41, 5.74) is 1.06. The van der Waals surface area contributed by atoms with Gasteiger partial charge in [-0.2, -0.15) is 11.3 Å². The van der Waals surface area contributed by atoms with Crippen LogP contribution in [0, 0.1) is 11.8 Å². The lowest BCUT2D eigenvalue weighted by Crippen LogP contribution is -2.36. The molecule has 2 N–H and O–H groups in total. The number of thiophene rings is 1. The number of hydrogen-bond donors (Lipinski definition) is 2. The molecular weight excluding hydrogens is 218 g/mol. The third kappa shape index (κ3) is 2.04. The van der Waals surface area contributed by atoms with Crippen LogP contribution in [0.2, 0.25) is 0 Å². The maximum Gasteiger partial charge on any atom is 0.0922 e. The van der Waals surface area contributed by atoms with E-state index in [4.69, 9.17) is 0 Å². The molecule has 0 aromatic carbocycles. The van der Waals surface area contributed by atoms with Crippen LogP contribution in [0.4, 0.5) is 0 Å². The molecule has 1 aromatic rings. The first-order valence-corrected chi connectivity index (χ1v) is 7.21. The topological polar surface area (TPSA) is 32.3 Å². The van der Waals surface area contributed by atoms with E-state index in [0.717, 1.165) is 17.4 Å². The van der Waals surface area contributed by atoms with E-state index in [0.29, 0.717) is 12.6 Å². The zero-order valence-electron chi connectivity index (χ0n) is 9.43. The number of aliphatic hydroxyl groups excluding tert-OH is 1. The minimum absolute atomic E-state index is 0.328. The molecule has 88 valence electrons. The molecule has 1 aromatic heterocycles. The second-order valence-corrected chi connectivity index (χ2v) is 6.04. The molecule has 4 unspecified atom stereocenters. The van der Waals surface area contributed by atoms with Gasteiger partial charge in [-0.15, -0.1) is 0 Å². The van der Waals surface area contributed by atoms with E-state index in [2.05, 4.69) is 5.32 Å². The monoisotopic (exact) mass is 237 g/mol. The van der Waals surface area contributed by atoms with Crippen LogP contribution in [0.3, 0.4) is 0 Å². The van der Waals surface area contributed by atoms with Crippen molar-refractivity contribution in [2.75, 3.05) is 6.54 Å². The molecule has 0 aliphatic heterocycles. The number of fused-ring (bicyclic) bond motifs is 2. The van der Waals surface area contributed by atoms with Crippen LogP contribution in [-0.4, -0.2) is 17.7 Å². The maximum atomic E-state index is 9.98. The summed E-state index contributed by atoms with van der Waals surface area (Å²) in [7, 11) is 0. The SMILES string of the molecule is OC(CNC1CC2CCC1C2)c1ccsc1. The fourth-order valence-electron chi connectivity index (χ4n) is 3.34. The number of hydrogen-bond acceptors (Lipinski definition) is 3. The maximum absolute atomic E-state index is 9.98. The molecule has 2 fully saturated rings. The van der Waals surface area contributed by atoms with Crippen molar-refractivity contribution in [1.82, 2.24) is 5.32 Å². The molecule has 2 aliphatic rings. The van der Waals surface area contributed by atoms with Gasteiger partial charge in [0.1, 0.15) is 0 Å². The first-order valence-electron chi connectivity index (χ1n) is 6.26. The largest absolute Gasteiger partial charge is 0.387 e. The van der Waals surface area contributed by atoms with Crippen molar-refractivity contribution >= 4 is 11.3 Å². The van der Waals surface area contributed by atoms with Gasteiger partial charge in [0.15, 0.2) is 0 Å². The van der Waals surface area contributed by atoms with Gasteiger partial charge < -0.3 is 10.4 Å². The molecule has 2 aliphatic carbocycles. The van der Waals surface area contributed by atoms with Crippen molar-refractivity contribution in [2.45, 2.75) is 37.8 Å². The second-order valence-electron chi connectivity index (χ2n) is 5.26. The molecule has 2 bridgehead atoms. The number of aliphatic hydroxyl groups is 1. The van der Waals surface area contributed by atoms with Gasteiger partial charge in [0.2, 0.25) is 0 Å². The minimum atomic E-state index is -0.328. The highest BCUT2D eigenvalue weighted by molar-refractivity contribution is 7.07. The first-order chi connectivity index (χ1) is 7.83. The van der Waals surface area contributed by atoms with E-state index in [9.17, 15) is 5.11 Å². The molecule has 2 nitrogen and oxygen atoms in total. The van der Waals surface area contributed by atoms with Gasteiger partial charge in [0, 0.05) is 12.6 Å². The third-order valence-electron chi connectivity index (χ3n) is 4.24. The first kappa shape index (κ1) is 10.8. The average molecular weight is 237 g/mol. The van der Waals surface area contributed by atoms with E-state index >= 15 is 0 Å². The summed E-state index contributed by atoms with van der Waals surface area (Å²) in [5, 5.41) is 17.6. The summed E-state index contributed by atoms with van der Waals surface area (Å²) in [5.74, 6) is 1.86. The predicted octanol–water partition coefficient (Wildman–Crippen LogP) is 2.56. The van der Waals surface area contributed by atoms with E-state index in [1.165, 1.54) is 25.7 Å². The Morgan fingerprint density at radius 3 is 3.00 bits per heavy atom. The summed E-state index contributed by atoms with van der Waals surface area (Å²) in [4.78, 5) is 0. The summed E-state index contributed by atoms with van der Waals surface area (Å²) in [6.45, 7) is 0.713. The van der Waals surface area contributed by atoms with Crippen molar-refractivity contribution < 1.29 is 5.11 Å². The fourth-order valence-corrected chi connectivity index (χ4v) is 4.05. The molecule has 2 saturated carbocycles. The summed E-state index contributed by atoms with van der Waals surface area (Å²) >= 11 is 1.65. The summed E-state index contributed by atoms with van der Waals surface area (Å²) in [6.07, 6.45) is 5.27. The summed E-state index contributed by atoms with van der Waals surface area (Å²) in [6, 6.07) is 2.68. The molecule has 0 spiro atoms. The Labute approximate surface area is 101 Å². The van der Waals surface area contributed by atoms with Crippen LogP contribution < -0.4 is 5.32 Å². The molecule has 0 saturated heterocycles. The Bertz CT molecular complexity index is 338. The van der Waals surface area contributed by atoms with Gasteiger partial charge in [-0.1, -0.05) is 6.42 Å². The van der Waals surface area contributed by atoms with Gasteiger partial charge in [-0.3, -0.25) is 0 Å². The highest BCUT2D eigenvalue weighted by atomic mass is 32.1. The minimum Gasteiger partial charge on any atom is -0.387 e. The molecule has 3 heteroatoms. The van der Waals surface area contributed by atoms with Gasteiger partial charge in [0.05, 0.1) is 6.10 Å². The lowest BCUT2D eigenvalue weighted by molar-refractivity contribution is 0.164. The number of rotatable bonds is 4. The van der Waals surface area contributed by atoms with Crippen molar-refractivity contribution in [2.24, 2.45) is 11.8 Å². The average Bonchev–Trinajstić information content (AvgIpc) is 3.01. The van der Waals surface area contributed by atoms with Crippen molar-refractivity contribution in [3.8, 4) is 0 Å². The Balaban J connectivity index is 1.50. The Morgan fingerprint density at radius 2 is 2.38 bits per heavy atom. The van der Waals surface area contributed by atoms with Gasteiger partial charge in [-0.25, -0.2) is 0 Å². The fraction of sp³-hybridized carbons (Fsp3) is 0.692. The van der Waals surface area contributed by atoms with Gasteiger partial charge >= 0.3 is 0 Å². The summed E-state index contributed by atoms with van der Waals surface area (Å²) < 4.78 is 0. The number of nitrogens with one attached hydrogen (secondary N) is 1. The highest BCUT2D eigenvalue weighted by Gasteiger charge is 2.39. The molecule has 0 amide bonds. The van der Waals surface area contributed by atoms with Crippen LogP contribution in [0.25, 0.3) is 0 Å². The van der Waals surface area contributed by atoms with E-state index < -0.39 is 0 Å². The molecule has 0 radical (unpaired) electrons. The van der Waals surface area contributed by atoms with Crippen LogP contribution in [-0.2, 0) is 0 Å². The molecule has 1 heterocycles. The van der Waals surface area contributed by atoms with Gasteiger partial charge in [0.25, 0.3) is 0 Å². The smallest absolute Gasteiger partial charge is 0.0922 e.